The van der Waals surface area contributed by atoms with Gasteiger partial charge in [-0.1, -0.05) is 6.07 Å². The second kappa shape index (κ2) is 11.4. The lowest BCUT2D eigenvalue weighted by Gasteiger charge is -2.15. The molecule has 0 radical (unpaired) electrons. The molecule has 12 heteroatoms. The Hall–Kier alpha value is -5.26. The van der Waals surface area contributed by atoms with Gasteiger partial charge in [0, 0.05) is 30.3 Å². The molecule has 0 atom stereocenters. The maximum Gasteiger partial charge on any atom is 0.338 e. The lowest BCUT2D eigenvalue weighted by molar-refractivity contribution is -0.384. The van der Waals surface area contributed by atoms with Crippen molar-refractivity contribution in [3.63, 3.8) is 0 Å². The molecule has 0 bridgehead atoms. The normalized spacial score (nSPS) is 10.1. The quantitative estimate of drug-likeness (QED) is 0.259. The van der Waals surface area contributed by atoms with Crippen molar-refractivity contribution in [1.29, 1.82) is 0 Å². The molecular weight excluding hydrogens is 486 g/mol. The highest BCUT2D eigenvalue weighted by Gasteiger charge is 2.21. The number of non-ortho nitro benzene ring substituents is 1. The van der Waals surface area contributed by atoms with Crippen LogP contribution in [0.2, 0.25) is 0 Å². The number of carbonyl (C=O) groups excluding carboxylic acids is 4. The highest BCUT2D eigenvalue weighted by Crippen LogP contribution is 2.34. The zero-order chi connectivity index (χ0) is 27.1. The summed E-state index contributed by atoms with van der Waals surface area (Å²) in [6.07, 6.45) is 0. The molecule has 2 N–H and O–H groups in total. The Morgan fingerprint density at radius 3 is 2.19 bits per heavy atom. The number of methoxy groups -OCH3 is 2. The minimum atomic E-state index is -0.800. The van der Waals surface area contributed by atoms with Crippen molar-refractivity contribution in [2.45, 2.75) is 6.92 Å². The zero-order valence-electron chi connectivity index (χ0n) is 19.9. The Balaban J connectivity index is 2.00. The smallest absolute Gasteiger partial charge is 0.338 e. The van der Waals surface area contributed by atoms with Crippen molar-refractivity contribution in [2.75, 3.05) is 24.9 Å². The number of benzene rings is 3. The predicted octanol–water partition coefficient (Wildman–Crippen LogP) is 4.17. The van der Waals surface area contributed by atoms with Crippen LogP contribution in [0.4, 0.5) is 17.1 Å². The van der Waals surface area contributed by atoms with E-state index >= 15 is 0 Å². The Kier molecular flexibility index (Phi) is 8.15. The van der Waals surface area contributed by atoms with Gasteiger partial charge in [0.25, 0.3) is 11.6 Å². The van der Waals surface area contributed by atoms with Crippen LogP contribution in [-0.4, -0.2) is 42.9 Å². The number of amides is 2. The molecule has 3 aromatic carbocycles. The molecule has 3 rings (SSSR count). The largest absolute Gasteiger partial charge is 0.465 e. The van der Waals surface area contributed by atoms with Gasteiger partial charge in [-0.3, -0.25) is 19.7 Å². The third-order valence-electron chi connectivity index (χ3n) is 4.90. The predicted molar refractivity (Wildman–Crippen MR) is 131 cm³/mol. The van der Waals surface area contributed by atoms with Crippen molar-refractivity contribution in [3.8, 4) is 11.5 Å². The number of nitro benzene ring substituents is 1. The number of hydrogen-bond acceptors (Lipinski definition) is 9. The van der Waals surface area contributed by atoms with Gasteiger partial charge in [0.15, 0.2) is 5.75 Å². The fourth-order valence-electron chi connectivity index (χ4n) is 3.23. The van der Waals surface area contributed by atoms with Crippen molar-refractivity contribution in [2.24, 2.45) is 0 Å². The summed E-state index contributed by atoms with van der Waals surface area (Å²) in [7, 11) is 2.32. The van der Waals surface area contributed by atoms with Gasteiger partial charge in [0.1, 0.15) is 5.75 Å². The number of esters is 2. The van der Waals surface area contributed by atoms with E-state index in [4.69, 9.17) is 14.2 Å². The molecule has 0 spiro atoms. The number of nitrogens with zero attached hydrogens (tertiary/aromatic N) is 1. The Morgan fingerprint density at radius 1 is 0.838 bits per heavy atom. The summed E-state index contributed by atoms with van der Waals surface area (Å²) in [5.74, 6) is -2.36. The summed E-state index contributed by atoms with van der Waals surface area (Å²) in [4.78, 5) is 59.1. The lowest BCUT2D eigenvalue weighted by Crippen LogP contribution is -2.14. The van der Waals surface area contributed by atoms with Crippen molar-refractivity contribution in [1.82, 2.24) is 0 Å². The summed E-state index contributed by atoms with van der Waals surface area (Å²) < 4.78 is 15.3. The third-order valence-corrected chi connectivity index (χ3v) is 4.90. The van der Waals surface area contributed by atoms with E-state index in [-0.39, 0.29) is 45.5 Å². The Labute approximate surface area is 210 Å². The van der Waals surface area contributed by atoms with Crippen LogP contribution < -0.4 is 15.4 Å². The van der Waals surface area contributed by atoms with Crippen LogP contribution >= 0.6 is 0 Å². The van der Waals surface area contributed by atoms with Gasteiger partial charge in [-0.25, -0.2) is 9.59 Å². The van der Waals surface area contributed by atoms with Gasteiger partial charge in [-0.05, 0) is 42.5 Å². The first-order chi connectivity index (χ1) is 17.6. The molecule has 0 saturated heterocycles. The van der Waals surface area contributed by atoms with Gasteiger partial charge >= 0.3 is 11.9 Å². The second-order valence-corrected chi connectivity index (χ2v) is 7.45. The molecule has 0 aliphatic rings. The van der Waals surface area contributed by atoms with Crippen LogP contribution in [0.15, 0.2) is 60.7 Å². The molecule has 0 saturated carbocycles. The molecule has 12 nitrogen and oxygen atoms in total. The summed E-state index contributed by atoms with van der Waals surface area (Å²) in [5.41, 5.74) is 0.0494. The molecule has 0 heterocycles. The molecule has 0 aliphatic heterocycles. The maximum absolute atomic E-state index is 12.9. The van der Waals surface area contributed by atoms with Crippen molar-refractivity contribution in [3.05, 3.63) is 87.5 Å². The molecule has 37 heavy (non-hydrogen) atoms. The van der Waals surface area contributed by atoms with E-state index in [0.29, 0.717) is 5.69 Å². The summed E-state index contributed by atoms with van der Waals surface area (Å²) >= 11 is 0. The summed E-state index contributed by atoms with van der Waals surface area (Å²) in [5, 5.41) is 16.3. The maximum atomic E-state index is 12.9. The fraction of sp³-hybridized carbons (Fsp3) is 0.120. The summed E-state index contributed by atoms with van der Waals surface area (Å²) in [6, 6.07) is 13.5. The van der Waals surface area contributed by atoms with Crippen LogP contribution in [-0.2, 0) is 14.3 Å². The Morgan fingerprint density at radius 2 is 1.54 bits per heavy atom. The van der Waals surface area contributed by atoms with Crippen molar-refractivity contribution >= 4 is 40.8 Å². The second-order valence-electron chi connectivity index (χ2n) is 7.45. The summed E-state index contributed by atoms with van der Waals surface area (Å²) in [6.45, 7) is 1.31. The third kappa shape index (κ3) is 6.45. The monoisotopic (exact) mass is 507 g/mol. The molecule has 0 fully saturated rings. The van der Waals surface area contributed by atoms with E-state index in [1.807, 2.05) is 0 Å². The van der Waals surface area contributed by atoms with E-state index in [1.54, 1.807) is 0 Å². The molecule has 0 aromatic heterocycles. The SMILES string of the molecule is COC(=O)c1ccc(Oc2ccc(NC(C)=O)cc2NC(=O)c2cccc([N+](=O)[O-])c2)cc1C(=O)OC. The number of ether oxygens (including phenoxy) is 3. The average Bonchev–Trinajstić information content (AvgIpc) is 2.88. The molecule has 0 aliphatic carbocycles. The molecule has 0 unspecified atom stereocenters. The van der Waals surface area contributed by atoms with Crippen LogP contribution in [0, 0.1) is 10.1 Å². The topological polar surface area (TPSA) is 163 Å². The first-order valence-electron chi connectivity index (χ1n) is 10.6. The first kappa shape index (κ1) is 26.3. The lowest BCUT2D eigenvalue weighted by atomic mass is 10.1. The number of nitrogens with one attached hydrogen (secondary N) is 2. The van der Waals surface area contributed by atoms with Crippen molar-refractivity contribution < 1.29 is 38.3 Å². The van der Waals surface area contributed by atoms with Crippen LogP contribution in [0.3, 0.4) is 0 Å². The van der Waals surface area contributed by atoms with Gasteiger partial charge in [0.2, 0.25) is 5.91 Å². The van der Waals surface area contributed by atoms with Crippen LogP contribution in [0.1, 0.15) is 38.0 Å². The number of anilines is 2. The first-order valence-corrected chi connectivity index (χ1v) is 10.6. The highest BCUT2D eigenvalue weighted by molar-refractivity contribution is 6.06. The molecule has 190 valence electrons. The van der Waals surface area contributed by atoms with Crippen LogP contribution in [0.25, 0.3) is 0 Å². The number of rotatable bonds is 8. The van der Waals surface area contributed by atoms with E-state index < -0.39 is 22.8 Å². The fourth-order valence-corrected chi connectivity index (χ4v) is 3.23. The highest BCUT2D eigenvalue weighted by atomic mass is 16.6. The Bertz CT molecular complexity index is 1400. The van der Waals surface area contributed by atoms with Crippen LogP contribution in [0.5, 0.6) is 11.5 Å². The van der Waals surface area contributed by atoms with Gasteiger partial charge < -0.3 is 24.8 Å². The average molecular weight is 507 g/mol. The zero-order valence-corrected chi connectivity index (χ0v) is 19.9. The van der Waals surface area contributed by atoms with E-state index in [9.17, 15) is 29.3 Å². The standard InChI is InChI=1S/C25H21N3O9/c1-14(29)26-16-7-10-22(21(12-16)27-23(30)15-5-4-6-17(11-15)28(33)34)37-18-8-9-19(24(31)35-2)20(13-18)25(32)36-3/h4-13H,1-3H3,(H,26,29)(H,27,30). The van der Waals surface area contributed by atoms with Gasteiger partial charge in [-0.2, -0.15) is 0 Å². The number of carbonyl (C=O) groups is 4. The number of hydrogen-bond donors (Lipinski definition) is 2. The molecule has 3 aromatic rings. The van der Waals surface area contributed by atoms with E-state index in [1.165, 1.54) is 68.6 Å². The minimum Gasteiger partial charge on any atom is -0.465 e. The molecular formula is C25H21N3O9. The minimum absolute atomic E-state index is 0.0143. The van der Waals surface area contributed by atoms with Gasteiger partial charge in [0.05, 0.1) is 36.0 Å². The van der Waals surface area contributed by atoms with Gasteiger partial charge in [-0.15, -0.1) is 0 Å². The van der Waals surface area contributed by atoms with E-state index in [0.717, 1.165) is 13.2 Å². The van der Waals surface area contributed by atoms with E-state index in [2.05, 4.69) is 10.6 Å². The number of nitro groups is 1. The molecule has 2 amide bonds.